The highest BCUT2D eigenvalue weighted by Crippen LogP contribution is 2.47. The molecule has 4 atom stereocenters. The first-order valence-corrected chi connectivity index (χ1v) is 15.8. The van der Waals surface area contributed by atoms with Gasteiger partial charge in [0.05, 0.1) is 36.0 Å². The summed E-state index contributed by atoms with van der Waals surface area (Å²) in [6.07, 6.45) is -1.17. The van der Waals surface area contributed by atoms with Crippen LogP contribution in [-0.4, -0.2) is 58.5 Å². The number of carbonyl (C=O) groups excluding carboxylic acids is 1. The van der Waals surface area contributed by atoms with Gasteiger partial charge in [0.2, 0.25) is 0 Å². The van der Waals surface area contributed by atoms with Crippen LogP contribution in [0.25, 0.3) is 0 Å². The van der Waals surface area contributed by atoms with Crippen molar-refractivity contribution in [2.24, 2.45) is 23.7 Å². The highest BCUT2D eigenvalue weighted by molar-refractivity contribution is 9.08. The average molecular weight is 702 g/mol. The van der Waals surface area contributed by atoms with Gasteiger partial charge in [0.15, 0.2) is 0 Å². The summed E-state index contributed by atoms with van der Waals surface area (Å²) in [6, 6.07) is 2.30. The SMILES string of the molecule is CCOC(=O)c1cnn(Cc2cnc(N3CC4CC4C3)cc2C(F)(F)F)c1.FC(F)(F)c1cc(N2CC3CC3C2)ncc1CBr. The topological polar surface area (TPSA) is 76.4 Å². The Labute approximate surface area is 263 Å². The summed E-state index contributed by atoms with van der Waals surface area (Å²) >= 11 is 3.07. The number of piperidine rings is 2. The smallest absolute Gasteiger partial charge is 0.416 e. The molecule has 7 rings (SSSR count). The summed E-state index contributed by atoms with van der Waals surface area (Å²) in [4.78, 5) is 24.0. The number of halogens is 7. The number of nitrogens with zero attached hydrogens (tertiary/aromatic N) is 6. The van der Waals surface area contributed by atoms with Gasteiger partial charge >= 0.3 is 18.3 Å². The van der Waals surface area contributed by atoms with E-state index >= 15 is 0 Å². The predicted octanol–water partition coefficient (Wildman–Crippen LogP) is 6.43. The number of hydrogen-bond acceptors (Lipinski definition) is 7. The monoisotopic (exact) mass is 700 g/mol. The van der Waals surface area contributed by atoms with Gasteiger partial charge in [-0.2, -0.15) is 31.4 Å². The number of aromatic nitrogens is 4. The first-order valence-electron chi connectivity index (χ1n) is 14.7. The molecule has 2 saturated carbocycles. The van der Waals surface area contributed by atoms with E-state index in [0.29, 0.717) is 35.3 Å². The first-order chi connectivity index (χ1) is 21.3. The van der Waals surface area contributed by atoms with Crippen molar-refractivity contribution in [3.05, 3.63) is 64.7 Å². The van der Waals surface area contributed by atoms with Gasteiger partial charge in [0.1, 0.15) is 11.6 Å². The molecule has 0 radical (unpaired) electrons. The van der Waals surface area contributed by atoms with E-state index in [2.05, 4.69) is 31.0 Å². The normalized spacial score (nSPS) is 23.3. The van der Waals surface area contributed by atoms with Crippen LogP contribution >= 0.6 is 15.9 Å². The zero-order chi connectivity index (χ0) is 32.1. The van der Waals surface area contributed by atoms with Crippen molar-refractivity contribution in [2.75, 3.05) is 42.6 Å². The van der Waals surface area contributed by atoms with E-state index in [4.69, 9.17) is 4.74 Å². The Kier molecular flexibility index (Phi) is 8.50. The van der Waals surface area contributed by atoms with Crippen LogP contribution in [0.1, 0.15) is 52.4 Å². The maximum atomic E-state index is 13.6. The second-order valence-corrected chi connectivity index (χ2v) is 12.6. The summed E-state index contributed by atoms with van der Waals surface area (Å²) in [5, 5.41) is 4.13. The third-order valence-electron chi connectivity index (χ3n) is 8.78. The minimum atomic E-state index is -4.49. The van der Waals surface area contributed by atoms with Crippen molar-refractivity contribution >= 4 is 33.5 Å². The predicted molar refractivity (Wildman–Crippen MR) is 156 cm³/mol. The molecule has 2 saturated heterocycles. The lowest BCUT2D eigenvalue weighted by Gasteiger charge is -2.21. The van der Waals surface area contributed by atoms with Crippen molar-refractivity contribution in [2.45, 2.75) is 44.0 Å². The Morgan fingerprint density at radius 1 is 0.844 bits per heavy atom. The van der Waals surface area contributed by atoms with Crippen LogP contribution in [0.15, 0.2) is 36.9 Å². The second kappa shape index (κ2) is 12.1. The van der Waals surface area contributed by atoms with Crippen molar-refractivity contribution in [3.63, 3.8) is 0 Å². The zero-order valence-electron chi connectivity index (χ0n) is 24.3. The Morgan fingerprint density at radius 2 is 1.33 bits per heavy atom. The van der Waals surface area contributed by atoms with E-state index < -0.39 is 29.4 Å². The highest BCUT2D eigenvalue weighted by Gasteiger charge is 2.47. The van der Waals surface area contributed by atoms with E-state index in [1.54, 1.807) is 6.92 Å². The van der Waals surface area contributed by atoms with Gasteiger partial charge in [-0.1, -0.05) is 15.9 Å². The lowest BCUT2D eigenvalue weighted by atomic mass is 10.1. The van der Waals surface area contributed by atoms with Gasteiger partial charge in [-0.15, -0.1) is 0 Å². The van der Waals surface area contributed by atoms with Crippen molar-refractivity contribution < 1.29 is 35.9 Å². The molecule has 8 nitrogen and oxygen atoms in total. The molecule has 4 unspecified atom stereocenters. The summed E-state index contributed by atoms with van der Waals surface area (Å²) in [5.74, 6) is 2.83. The second-order valence-electron chi connectivity index (χ2n) is 12.0. The van der Waals surface area contributed by atoms with Gasteiger partial charge in [-0.25, -0.2) is 14.8 Å². The maximum absolute atomic E-state index is 13.6. The number of fused-ring (bicyclic) bond motifs is 2. The van der Waals surface area contributed by atoms with E-state index in [-0.39, 0.29) is 35.2 Å². The number of esters is 1. The standard InChI is InChI=1S/C18H19F3N4O2.C12H12BrF3N2/c1-2-27-17(26)14-6-23-25(10-14)9-13-5-22-16(4-15(13)18(19,20)21)24-7-11-3-12(11)8-24;13-3-9-4-17-11(2-10(9)12(14,15)16)18-5-7-1-8(7)6-18/h4-6,10-12H,2-3,7-9H2,1H3;2,4,7-8H,1,3,5-6H2. The summed E-state index contributed by atoms with van der Waals surface area (Å²) < 4.78 is 85.7. The number of ether oxygens (including phenoxy) is 1. The van der Waals surface area contributed by atoms with Crippen molar-refractivity contribution in [3.8, 4) is 0 Å². The number of pyridine rings is 2. The Morgan fingerprint density at radius 3 is 1.80 bits per heavy atom. The van der Waals surface area contributed by atoms with Crippen LogP contribution in [0.2, 0.25) is 0 Å². The molecule has 15 heteroatoms. The largest absolute Gasteiger partial charge is 0.462 e. The van der Waals surface area contributed by atoms with E-state index in [9.17, 15) is 31.1 Å². The molecule has 0 amide bonds. The molecule has 0 bridgehead atoms. The molecule has 0 N–H and O–H groups in total. The Hall–Kier alpha value is -3.36. The van der Waals surface area contributed by atoms with E-state index in [0.717, 1.165) is 32.2 Å². The van der Waals surface area contributed by atoms with Gasteiger partial charge < -0.3 is 14.5 Å². The molecule has 242 valence electrons. The van der Waals surface area contributed by atoms with E-state index in [1.807, 2.05) is 9.80 Å². The summed E-state index contributed by atoms with van der Waals surface area (Å²) in [7, 11) is 0. The van der Waals surface area contributed by atoms with Crippen LogP contribution in [0.5, 0.6) is 0 Å². The molecular formula is C30H31BrF6N6O2. The fourth-order valence-corrected chi connectivity index (χ4v) is 6.61. The van der Waals surface area contributed by atoms with Crippen LogP contribution in [0.3, 0.4) is 0 Å². The lowest BCUT2D eigenvalue weighted by molar-refractivity contribution is -0.139. The zero-order valence-corrected chi connectivity index (χ0v) is 25.9. The van der Waals surface area contributed by atoms with Crippen LogP contribution in [0, 0.1) is 23.7 Å². The van der Waals surface area contributed by atoms with Gasteiger partial charge in [-0.05, 0) is 61.1 Å². The minimum Gasteiger partial charge on any atom is -0.462 e. The molecule has 4 fully saturated rings. The molecule has 2 aliphatic carbocycles. The first kappa shape index (κ1) is 31.6. The molecule has 2 aliphatic heterocycles. The number of carbonyl (C=O) groups is 1. The molecule has 0 aromatic carbocycles. The Bertz CT molecular complexity index is 1540. The average Bonchev–Trinajstić information content (AvgIpc) is 3.69. The van der Waals surface area contributed by atoms with Gasteiger partial charge in [0.25, 0.3) is 0 Å². The molecule has 0 spiro atoms. The molecule has 3 aromatic heterocycles. The maximum Gasteiger partial charge on any atom is 0.416 e. The highest BCUT2D eigenvalue weighted by atomic mass is 79.9. The quantitative estimate of drug-likeness (QED) is 0.160. The summed E-state index contributed by atoms with van der Waals surface area (Å²) in [6.45, 7) is 5.01. The van der Waals surface area contributed by atoms with Gasteiger partial charge in [-0.3, -0.25) is 4.68 Å². The number of alkyl halides is 7. The van der Waals surface area contributed by atoms with Crippen molar-refractivity contribution in [1.82, 2.24) is 19.7 Å². The molecule has 4 aliphatic rings. The molecule has 5 heterocycles. The van der Waals surface area contributed by atoms with Crippen LogP contribution < -0.4 is 9.80 Å². The molecule has 3 aromatic rings. The fraction of sp³-hybridized carbons (Fsp3) is 0.533. The van der Waals surface area contributed by atoms with Crippen LogP contribution in [-0.2, 0) is 29.0 Å². The fourth-order valence-electron chi connectivity index (χ4n) is 6.17. The number of anilines is 2. The third kappa shape index (κ3) is 7.07. The van der Waals surface area contributed by atoms with Crippen LogP contribution in [0.4, 0.5) is 38.0 Å². The van der Waals surface area contributed by atoms with E-state index in [1.165, 1.54) is 48.4 Å². The third-order valence-corrected chi connectivity index (χ3v) is 9.39. The minimum absolute atomic E-state index is 0.00844. The number of hydrogen-bond donors (Lipinski definition) is 0. The number of rotatable bonds is 7. The van der Waals surface area contributed by atoms with Gasteiger partial charge in [0, 0.05) is 55.7 Å². The molecular weight excluding hydrogens is 670 g/mol. The lowest BCUT2D eigenvalue weighted by Crippen LogP contribution is -2.24. The van der Waals surface area contributed by atoms with Crippen molar-refractivity contribution in [1.29, 1.82) is 0 Å². The Balaban J connectivity index is 0.000000172. The summed E-state index contributed by atoms with van der Waals surface area (Å²) in [5.41, 5.74) is -0.901. The molecule has 45 heavy (non-hydrogen) atoms.